The van der Waals surface area contributed by atoms with Gasteiger partial charge in [-0.15, -0.1) is 0 Å². The summed E-state index contributed by atoms with van der Waals surface area (Å²) in [5.74, 6) is 0.462. The molecule has 0 aliphatic carbocycles. The Bertz CT molecular complexity index is 780. The van der Waals surface area contributed by atoms with Gasteiger partial charge in [-0.05, 0) is 19.1 Å². The van der Waals surface area contributed by atoms with E-state index in [0.29, 0.717) is 48.9 Å². The van der Waals surface area contributed by atoms with E-state index in [9.17, 15) is 9.59 Å². The molecule has 1 aliphatic rings. The first kappa shape index (κ1) is 15.7. The van der Waals surface area contributed by atoms with E-state index >= 15 is 0 Å². The first-order valence-electron chi connectivity index (χ1n) is 7.30. The highest BCUT2D eigenvalue weighted by molar-refractivity contribution is 6.32. The average molecular weight is 334 g/mol. The monoisotopic (exact) mass is 333 g/mol. The third-order valence-electron chi connectivity index (χ3n) is 3.68. The molecule has 120 valence electrons. The van der Waals surface area contributed by atoms with Crippen LogP contribution in [0.25, 0.3) is 11.3 Å². The van der Waals surface area contributed by atoms with Gasteiger partial charge in [-0.25, -0.2) is 4.98 Å². The molecule has 0 saturated carbocycles. The summed E-state index contributed by atoms with van der Waals surface area (Å²) in [6.45, 7) is 4.02. The number of carbonyl (C=O) groups is 1. The number of halogens is 1. The summed E-state index contributed by atoms with van der Waals surface area (Å²) < 4.78 is 5.25. The quantitative estimate of drug-likeness (QED) is 0.910. The first-order chi connectivity index (χ1) is 11.1. The van der Waals surface area contributed by atoms with E-state index in [4.69, 9.17) is 16.3 Å². The fourth-order valence-electron chi connectivity index (χ4n) is 2.48. The lowest BCUT2D eigenvalue weighted by Crippen LogP contribution is -2.40. The molecule has 7 heteroatoms. The highest BCUT2D eigenvalue weighted by Gasteiger charge is 2.18. The second-order valence-electron chi connectivity index (χ2n) is 5.30. The molecular formula is C16H16ClN3O3. The molecule has 3 rings (SSSR count). The predicted molar refractivity (Wildman–Crippen MR) is 86.8 cm³/mol. The van der Waals surface area contributed by atoms with Gasteiger partial charge in [0.25, 0.3) is 11.5 Å². The highest BCUT2D eigenvalue weighted by Crippen LogP contribution is 2.23. The number of carbonyl (C=O) groups excluding carboxylic acids is 1. The number of nitrogens with zero attached hydrogens (tertiary/aromatic N) is 2. The van der Waals surface area contributed by atoms with Crippen molar-refractivity contribution < 1.29 is 9.53 Å². The first-order valence-corrected chi connectivity index (χ1v) is 7.68. The molecule has 2 aromatic rings. The topological polar surface area (TPSA) is 75.3 Å². The zero-order chi connectivity index (χ0) is 16.4. The van der Waals surface area contributed by atoms with Gasteiger partial charge in [0.2, 0.25) is 0 Å². The molecule has 1 saturated heterocycles. The third kappa shape index (κ3) is 3.28. The van der Waals surface area contributed by atoms with Crippen molar-refractivity contribution in [3.8, 4) is 11.3 Å². The zero-order valence-corrected chi connectivity index (χ0v) is 13.4. The molecule has 1 N–H and O–H groups in total. The molecule has 0 radical (unpaired) electrons. The number of aromatic amines is 1. The van der Waals surface area contributed by atoms with Crippen molar-refractivity contribution in [2.45, 2.75) is 6.92 Å². The Morgan fingerprint density at radius 2 is 1.91 bits per heavy atom. The molecule has 2 heterocycles. The number of hydrogen-bond acceptors (Lipinski definition) is 4. The van der Waals surface area contributed by atoms with Crippen molar-refractivity contribution in [3.05, 3.63) is 51.0 Å². The Balaban J connectivity index is 1.88. The lowest BCUT2D eigenvalue weighted by Gasteiger charge is -2.26. The minimum Gasteiger partial charge on any atom is -0.378 e. The minimum atomic E-state index is -0.373. The molecule has 0 spiro atoms. The van der Waals surface area contributed by atoms with Gasteiger partial charge >= 0.3 is 0 Å². The maximum absolute atomic E-state index is 12.4. The van der Waals surface area contributed by atoms with Crippen molar-refractivity contribution in [2.24, 2.45) is 0 Å². The van der Waals surface area contributed by atoms with Gasteiger partial charge in [0.15, 0.2) is 0 Å². The van der Waals surface area contributed by atoms with Crippen LogP contribution >= 0.6 is 11.6 Å². The Morgan fingerprint density at radius 1 is 1.26 bits per heavy atom. The molecule has 1 fully saturated rings. The molecule has 23 heavy (non-hydrogen) atoms. The van der Waals surface area contributed by atoms with Gasteiger partial charge in [0, 0.05) is 24.2 Å². The van der Waals surface area contributed by atoms with Crippen LogP contribution in [-0.2, 0) is 4.74 Å². The lowest BCUT2D eigenvalue weighted by molar-refractivity contribution is 0.0303. The molecule has 6 nitrogen and oxygen atoms in total. The molecular weight excluding hydrogens is 318 g/mol. The standard InChI is InChI=1S/C16H16ClN3O3/c1-10-18-14(13(17)15(21)19-10)11-2-4-12(5-3-11)16(22)20-6-8-23-9-7-20/h2-5H,6-9H2,1H3,(H,18,19,21). The Kier molecular flexibility index (Phi) is 4.45. The van der Waals surface area contributed by atoms with E-state index in [2.05, 4.69) is 9.97 Å². The van der Waals surface area contributed by atoms with E-state index in [1.807, 2.05) is 0 Å². The number of ether oxygens (including phenoxy) is 1. The number of hydrogen-bond donors (Lipinski definition) is 1. The summed E-state index contributed by atoms with van der Waals surface area (Å²) in [6, 6.07) is 6.95. The number of benzene rings is 1. The SMILES string of the molecule is Cc1nc(-c2ccc(C(=O)N3CCOCC3)cc2)c(Cl)c(=O)[nH]1. The van der Waals surface area contributed by atoms with Gasteiger partial charge in [0.05, 0.1) is 18.9 Å². The number of morpholine rings is 1. The van der Waals surface area contributed by atoms with Crippen LogP contribution in [-0.4, -0.2) is 47.1 Å². The van der Waals surface area contributed by atoms with Crippen molar-refractivity contribution in [3.63, 3.8) is 0 Å². The second kappa shape index (κ2) is 6.52. The Hall–Kier alpha value is -2.18. The largest absolute Gasteiger partial charge is 0.378 e. The number of aromatic nitrogens is 2. The van der Waals surface area contributed by atoms with Crippen molar-refractivity contribution in [2.75, 3.05) is 26.3 Å². The normalized spacial score (nSPS) is 14.8. The number of amides is 1. The Labute approximate surface area is 138 Å². The summed E-state index contributed by atoms with van der Waals surface area (Å²) in [5.41, 5.74) is 1.33. The molecule has 1 aliphatic heterocycles. The second-order valence-corrected chi connectivity index (χ2v) is 5.67. The van der Waals surface area contributed by atoms with Crippen LogP contribution in [0.1, 0.15) is 16.2 Å². The summed E-state index contributed by atoms with van der Waals surface area (Å²) in [6.07, 6.45) is 0. The molecule has 1 aromatic heterocycles. The molecule has 1 amide bonds. The van der Waals surface area contributed by atoms with Crippen LogP contribution in [0.3, 0.4) is 0 Å². The molecule has 0 unspecified atom stereocenters. The van der Waals surface area contributed by atoms with E-state index in [-0.39, 0.29) is 16.5 Å². The Morgan fingerprint density at radius 3 is 2.57 bits per heavy atom. The fourth-order valence-corrected chi connectivity index (χ4v) is 2.68. The van der Waals surface area contributed by atoms with Crippen LogP contribution in [0.15, 0.2) is 29.1 Å². The summed E-state index contributed by atoms with van der Waals surface area (Å²) in [7, 11) is 0. The van der Waals surface area contributed by atoms with Crippen LogP contribution in [0.2, 0.25) is 5.02 Å². The molecule has 1 aromatic carbocycles. The van der Waals surface area contributed by atoms with E-state index in [1.54, 1.807) is 36.1 Å². The van der Waals surface area contributed by atoms with Gasteiger partial charge < -0.3 is 14.6 Å². The van der Waals surface area contributed by atoms with E-state index in [1.165, 1.54) is 0 Å². The molecule has 0 atom stereocenters. The van der Waals surface area contributed by atoms with Crippen molar-refractivity contribution >= 4 is 17.5 Å². The number of rotatable bonds is 2. The van der Waals surface area contributed by atoms with Crippen LogP contribution in [0.4, 0.5) is 0 Å². The number of nitrogens with one attached hydrogen (secondary N) is 1. The van der Waals surface area contributed by atoms with Gasteiger partial charge in [0.1, 0.15) is 10.8 Å². The van der Waals surface area contributed by atoms with Crippen LogP contribution in [0, 0.1) is 6.92 Å². The number of aryl methyl sites for hydroxylation is 1. The lowest BCUT2D eigenvalue weighted by atomic mass is 10.1. The number of H-pyrrole nitrogens is 1. The smallest absolute Gasteiger partial charge is 0.270 e. The van der Waals surface area contributed by atoms with Crippen molar-refractivity contribution in [1.82, 2.24) is 14.9 Å². The van der Waals surface area contributed by atoms with E-state index in [0.717, 1.165) is 0 Å². The fraction of sp³-hybridized carbons (Fsp3) is 0.312. The van der Waals surface area contributed by atoms with Gasteiger partial charge in [-0.3, -0.25) is 9.59 Å². The average Bonchev–Trinajstić information content (AvgIpc) is 2.58. The minimum absolute atomic E-state index is 0.0269. The maximum Gasteiger partial charge on any atom is 0.270 e. The summed E-state index contributed by atoms with van der Waals surface area (Å²) in [4.78, 5) is 32.7. The van der Waals surface area contributed by atoms with Crippen molar-refractivity contribution in [1.29, 1.82) is 0 Å². The highest BCUT2D eigenvalue weighted by atomic mass is 35.5. The van der Waals surface area contributed by atoms with Crippen LogP contribution < -0.4 is 5.56 Å². The van der Waals surface area contributed by atoms with E-state index < -0.39 is 0 Å². The van der Waals surface area contributed by atoms with Crippen LogP contribution in [0.5, 0.6) is 0 Å². The maximum atomic E-state index is 12.4. The third-order valence-corrected chi connectivity index (χ3v) is 4.04. The predicted octanol–water partition coefficient (Wildman–Crippen LogP) is 1.87. The van der Waals surface area contributed by atoms with Gasteiger partial charge in [-0.1, -0.05) is 23.7 Å². The van der Waals surface area contributed by atoms with Gasteiger partial charge in [-0.2, -0.15) is 0 Å². The zero-order valence-electron chi connectivity index (χ0n) is 12.6. The summed E-state index contributed by atoms with van der Waals surface area (Å²) in [5, 5.41) is 0.0443. The molecule has 0 bridgehead atoms. The summed E-state index contributed by atoms with van der Waals surface area (Å²) >= 11 is 6.03.